The average Bonchev–Trinajstić information content (AvgIpc) is 2.30. The van der Waals surface area contributed by atoms with Crippen molar-refractivity contribution in [1.29, 1.82) is 0 Å². The van der Waals surface area contributed by atoms with Crippen molar-refractivity contribution in [2.24, 2.45) is 5.92 Å². The molecule has 0 saturated heterocycles. The first kappa shape index (κ1) is 22.0. The molecule has 0 saturated carbocycles. The first-order chi connectivity index (χ1) is 6.00. The molecule has 1 aliphatic rings. The minimum absolute atomic E-state index is 0. The van der Waals surface area contributed by atoms with Gasteiger partial charge in [-0.3, -0.25) is 0 Å². The second-order valence-corrected chi connectivity index (χ2v) is 4.07. The van der Waals surface area contributed by atoms with Gasteiger partial charge in [0.15, 0.2) is 0 Å². The van der Waals surface area contributed by atoms with Gasteiger partial charge in [0.05, 0.1) is 6.10 Å². The van der Waals surface area contributed by atoms with Gasteiger partial charge in [-0.2, -0.15) is 0 Å². The van der Waals surface area contributed by atoms with Crippen LogP contribution < -0.4 is 24.8 Å². The monoisotopic (exact) mass is 298 g/mol. The van der Waals surface area contributed by atoms with E-state index in [1.165, 1.54) is 22.3 Å². The van der Waals surface area contributed by atoms with Gasteiger partial charge in [-0.1, -0.05) is 18.1 Å². The van der Waals surface area contributed by atoms with Crippen LogP contribution in [0, 0.1) is 5.92 Å². The van der Waals surface area contributed by atoms with Crippen molar-refractivity contribution in [3.63, 3.8) is 0 Å². The SMILES string of the molecule is CCC(O)C1C(C)=C(C)C(C)=C1C.[Cl-].[Cl-].[Ti+2]. The quantitative estimate of drug-likeness (QED) is 0.541. The Morgan fingerprint density at radius 3 is 1.56 bits per heavy atom. The van der Waals surface area contributed by atoms with Crippen LogP contribution in [0.25, 0.3) is 0 Å². The summed E-state index contributed by atoms with van der Waals surface area (Å²) in [5.74, 6) is 0.282. The molecule has 1 nitrogen and oxygen atoms in total. The van der Waals surface area contributed by atoms with Crippen LogP contribution in [0.4, 0.5) is 0 Å². The maximum Gasteiger partial charge on any atom is 2.00 e. The molecule has 1 atom stereocenters. The van der Waals surface area contributed by atoms with Gasteiger partial charge in [0.1, 0.15) is 0 Å². The fourth-order valence-corrected chi connectivity index (χ4v) is 2.20. The van der Waals surface area contributed by atoms with Crippen molar-refractivity contribution in [3.8, 4) is 0 Å². The van der Waals surface area contributed by atoms with Gasteiger partial charge in [-0.05, 0) is 45.3 Å². The number of allylic oxidation sites excluding steroid dienone is 2. The largest absolute Gasteiger partial charge is 2.00 e. The van der Waals surface area contributed by atoms with E-state index in [0.29, 0.717) is 0 Å². The normalized spacial score (nSPS) is 17.6. The maximum absolute atomic E-state index is 9.87. The number of halogens is 2. The van der Waals surface area contributed by atoms with Gasteiger partial charge >= 0.3 is 21.7 Å². The van der Waals surface area contributed by atoms with Crippen molar-refractivity contribution < 1.29 is 51.6 Å². The minimum Gasteiger partial charge on any atom is -1.00 e. The van der Waals surface area contributed by atoms with E-state index in [2.05, 4.69) is 27.7 Å². The summed E-state index contributed by atoms with van der Waals surface area (Å²) in [5, 5.41) is 9.87. The van der Waals surface area contributed by atoms with Gasteiger partial charge in [0.2, 0.25) is 0 Å². The Hall–Kier alpha value is 0.734. The third-order valence-electron chi connectivity index (χ3n) is 3.48. The summed E-state index contributed by atoms with van der Waals surface area (Å²) in [6.45, 7) is 10.6. The topological polar surface area (TPSA) is 20.2 Å². The molecule has 1 N–H and O–H groups in total. The molecule has 92 valence electrons. The molecule has 1 aliphatic carbocycles. The van der Waals surface area contributed by atoms with E-state index in [-0.39, 0.29) is 58.6 Å². The fourth-order valence-electron chi connectivity index (χ4n) is 2.20. The van der Waals surface area contributed by atoms with Crippen molar-refractivity contribution in [2.45, 2.75) is 47.1 Å². The summed E-state index contributed by atoms with van der Waals surface area (Å²) in [7, 11) is 0. The van der Waals surface area contributed by atoms with Crippen molar-refractivity contribution in [3.05, 3.63) is 22.3 Å². The van der Waals surface area contributed by atoms with Crippen LogP contribution in [-0.2, 0) is 21.7 Å². The predicted octanol–water partition coefficient (Wildman–Crippen LogP) is -2.93. The number of hydrogen-bond acceptors (Lipinski definition) is 1. The molecule has 0 aliphatic heterocycles. The van der Waals surface area contributed by atoms with Gasteiger partial charge in [0, 0.05) is 5.92 Å². The van der Waals surface area contributed by atoms with Crippen molar-refractivity contribution >= 4 is 0 Å². The Balaban J connectivity index is -0.000000563. The van der Waals surface area contributed by atoms with Gasteiger partial charge < -0.3 is 29.9 Å². The van der Waals surface area contributed by atoms with E-state index < -0.39 is 0 Å². The summed E-state index contributed by atoms with van der Waals surface area (Å²) in [5.41, 5.74) is 5.44. The standard InChI is InChI=1S/C12H20O.2ClH.Ti/c1-6-11(13)12-9(4)7(2)8(3)10(12)5;;;/h11-13H,6H2,1-5H3;2*1H;/q;;;+2/p-2. The van der Waals surface area contributed by atoms with Crippen LogP contribution in [0.2, 0.25) is 0 Å². The molecule has 16 heavy (non-hydrogen) atoms. The van der Waals surface area contributed by atoms with Crippen LogP contribution in [0.1, 0.15) is 41.0 Å². The Kier molecular flexibility index (Phi) is 12.0. The number of hydrogen-bond donors (Lipinski definition) is 1. The molecule has 4 heteroatoms. The van der Waals surface area contributed by atoms with Crippen LogP contribution >= 0.6 is 0 Å². The van der Waals surface area contributed by atoms with E-state index in [1.54, 1.807) is 0 Å². The second-order valence-electron chi connectivity index (χ2n) is 4.07. The summed E-state index contributed by atoms with van der Waals surface area (Å²) >= 11 is 0. The molecule has 0 radical (unpaired) electrons. The zero-order valence-electron chi connectivity index (χ0n) is 10.6. The van der Waals surface area contributed by atoms with E-state index in [4.69, 9.17) is 0 Å². The van der Waals surface area contributed by atoms with Crippen LogP contribution in [0.15, 0.2) is 22.3 Å². The second kappa shape index (κ2) is 8.77. The third kappa shape index (κ3) is 3.89. The molecule has 0 heterocycles. The van der Waals surface area contributed by atoms with Gasteiger partial charge in [-0.15, -0.1) is 0 Å². The first-order valence-electron chi connectivity index (χ1n) is 5.03. The Bertz CT molecular complexity index is 261. The summed E-state index contributed by atoms with van der Waals surface area (Å²) in [6, 6.07) is 0. The summed E-state index contributed by atoms with van der Waals surface area (Å²) in [6.07, 6.45) is 0.632. The predicted molar refractivity (Wildman–Crippen MR) is 56.5 cm³/mol. The van der Waals surface area contributed by atoms with Gasteiger partial charge in [0.25, 0.3) is 0 Å². The Morgan fingerprint density at radius 1 is 1.00 bits per heavy atom. The molecule has 0 fully saturated rings. The molecular formula is C12H20Cl2OTi. The first-order valence-corrected chi connectivity index (χ1v) is 5.03. The van der Waals surface area contributed by atoms with Crippen LogP contribution in [0.3, 0.4) is 0 Å². The van der Waals surface area contributed by atoms with E-state index in [0.717, 1.165) is 6.42 Å². The van der Waals surface area contributed by atoms with Gasteiger partial charge in [-0.25, -0.2) is 0 Å². The molecule has 1 unspecified atom stereocenters. The maximum atomic E-state index is 9.87. The average molecular weight is 299 g/mol. The summed E-state index contributed by atoms with van der Waals surface area (Å²) in [4.78, 5) is 0. The van der Waals surface area contributed by atoms with Crippen molar-refractivity contribution in [2.75, 3.05) is 0 Å². The Morgan fingerprint density at radius 2 is 1.31 bits per heavy atom. The molecule has 0 aromatic heterocycles. The summed E-state index contributed by atoms with van der Waals surface area (Å²) < 4.78 is 0. The number of aliphatic hydroxyl groups excluding tert-OH is 1. The number of aliphatic hydroxyl groups is 1. The van der Waals surface area contributed by atoms with Crippen LogP contribution in [0.5, 0.6) is 0 Å². The fraction of sp³-hybridized carbons (Fsp3) is 0.667. The zero-order chi connectivity index (χ0) is 10.2. The number of rotatable bonds is 2. The molecule has 1 rings (SSSR count). The molecule has 0 spiro atoms. The molecule has 0 aromatic rings. The van der Waals surface area contributed by atoms with Crippen LogP contribution in [-0.4, -0.2) is 11.2 Å². The molecule has 0 aromatic carbocycles. The minimum atomic E-state index is -0.201. The zero-order valence-corrected chi connectivity index (χ0v) is 13.6. The van der Waals surface area contributed by atoms with E-state index in [1.807, 2.05) is 6.92 Å². The van der Waals surface area contributed by atoms with E-state index >= 15 is 0 Å². The Labute approximate surface area is 126 Å². The van der Waals surface area contributed by atoms with Crippen molar-refractivity contribution in [1.82, 2.24) is 0 Å². The smallest absolute Gasteiger partial charge is 1.00 e. The third-order valence-corrected chi connectivity index (χ3v) is 3.48. The molecular weight excluding hydrogens is 279 g/mol. The molecule has 0 amide bonds. The van der Waals surface area contributed by atoms with E-state index in [9.17, 15) is 5.11 Å². The molecule has 0 bridgehead atoms.